The quantitative estimate of drug-likeness (QED) is 0.681. The minimum atomic E-state index is -0.275. The van der Waals surface area contributed by atoms with E-state index in [0.717, 1.165) is 5.56 Å². The number of hydrogen-bond donors (Lipinski definition) is 1. The van der Waals surface area contributed by atoms with Gasteiger partial charge in [0.15, 0.2) is 0 Å². The standard InChI is InChI=1S/C12H15FN2O/c1-7-12-9(5-6-15(7)8(2)16)11(14)4-3-10(12)13/h3-4,7H,5-6,14H2,1-2H3. The molecule has 1 aromatic rings. The van der Waals surface area contributed by atoms with Crippen molar-refractivity contribution < 1.29 is 9.18 Å². The minimum Gasteiger partial charge on any atom is -0.398 e. The van der Waals surface area contributed by atoms with Crippen molar-refractivity contribution in [2.45, 2.75) is 26.3 Å². The third kappa shape index (κ3) is 1.54. The van der Waals surface area contributed by atoms with E-state index in [4.69, 9.17) is 5.73 Å². The van der Waals surface area contributed by atoms with Crippen LogP contribution in [-0.4, -0.2) is 17.4 Å². The van der Waals surface area contributed by atoms with Crippen LogP contribution in [0.3, 0.4) is 0 Å². The lowest BCUT2D eigenvalue weighted by Crippen LogP contribution is -2.38. The third-order valence-electron chi connectivity index (χ3n) is 3.23. The Hall–Kier alpha value is -1.58. The normalized spacial score (nSPS) is 19.4. The summed E-state index contributed by atoms with van der Waals surface area (Å²) in [5.74, 6) is -0.303. The second-order valence-electron chi connectivity index (χ2n) is 4.17. The van der Waals surface area contributed by atoms with E-state index in [9.17, 15) is 9.18 Å². The molecule has 4 heteroatoms. The van der Waals surface area contributed by atoms with Crippen molar-refractivity contribution in [2.75, 3.05) is 12.3 Å². The summed E-state index contributed by atoms with van der Waals surface area (Å²) in [6, 6.07) is 2.73. The lowest BCUT2D eigenvalue weighted by Gasteiger charge is -2.35. The van der Waals surface area contributed by atoms with Crippen LogP contribution >= 0.6 is 0 Å². The molecule has 0 aromatic heterocycles. The zero-order valence-electron chi connectivity index (χ0n) is 9.46. The molecule has 86 valence electrons. The van der Waals surface area contributed by atoms with Gasteiger partial charge < -0.3 is 10.6 Å². The molecule has 1 aromatic carbocycles. The van der Waals surface area contributed by atoms with Gasteiger partial charge in [-0.1, -0.05) is 0 Å². The number of nitrogen functional groups attached to an aromatic ring is 1. The first-order valence-corrected chi connectivity index (χ1v) is 5.36. The maximum absolute atomic E-state index is 13.7. The number of anilines is 1. The molecule has 2 rings (SSSR count). The molecule has 3 nitrogen and oxygen atoms in total. The average molecular weight is 222 g/mol. The number of carbonyl (C=O) groups excluding carboxylic acids is 1. The smallest absolute Gasteiger partial charge is 0.219 e. The highest BCUT2D eigenvalue weighted by Gasteiger charge is 2.29. The van der Waals surface area contributed by atoms with Crippen LogP contribution in [0.2, 0.25) is 0 Å². The molecule has 1 heterocycles. The largest absolute Gasteiger partial charge is 0.398 e. The number of fused-ring (bicyclic) bond motifs is 1. The SMILES string of the molecule is CC(=O)N1CCc2c(N)ccc(F)c2C1C. The molecule has 1 unspecified atom stereocenters. The summed E-state index contributed by atoms with van der Waals surface area (Å²) in [5, 5.41) is 0. The van der Waals surface area contributed by atoms with Gasteiger partial charge >= 0.3 is 0 Å². The summed E-state index contributed by atoms with van der Waals surface area (Å²) in [6.07, 6.45) is 0.628. The van der Waals surface area contributed by atoms with Gasteiger partial charge in [0.2, 0.25) is 5.91 Å². The van der Waals surface area contributed by atoms with Crippen molar-refractivity contribution in [2.24, 2.45) is 0 Å². The van der Waals surface area contributed by atoms with E-state index in [-0.39, 0.29) is 17.8 Å². The van der Waals surface area contributed by atoms with Gasteiger partial charge in [-0.15, -0.1) is 0 Å². The van der Waals surface area contributed by atoms with Crippen molar-refractivity contribution in [3.8, 4) is 0 Å². The number of nitrogens with zero attached hydrogens (tertiary/aromatic N) is 1. The molecule has 0 spiro atoms. The molecule has 0 aliphatic carbocycles. The van der Waals surface area contributed by atoms with Crippen molar-refractivity contribution in [3.05, 3.63) is 29.1 Å². The van der Waals surface area contributed by atoms with Crippen LogP contribution in [0.15, 0.2) is 12.1 Å². The van der Waals surface area contributed by atoms with E-state index in [1.54, 1.807) is 11.0 Å². The van der Waals surface area contributed by atoms with Crippen LogP contribution in [0.5, 0.6) is 0 Å². The van der Waals surface area contributed by atoms with Crippen molar-refractivity contribution in [3.63, 3.8) is 0 Å². The van der Waals surface area contributed by atoms with Gasteiger partial charge in [-0.25, -0.2) is 4.39 Å². The monoisotopic (exact) mass is 222 g/mol. The van der Waals surface area contributed by atoms with Gasteiger partial charge in [0.25, 0.3) is 0 Å². The zero-order chi connectivity index (χ0) is 11.9. The number of benzene rings is 1. The average Bonchev–Trinajstić information content (AvgIpc) is 2.23. The molecular weight excluding hydrogens is 207 g/mol. The highest BCUT2D eigenvalue weighted by atomic mass is 19.1. The summed E-state index contributed by atoms with van der Waals surface area (Å²) >= 11 is 0. The second kappa shape index (κ2) is 3.77. The first-order chi connectivity index (χ1) is 7.52. The van der Waals surface area contributed by atoms with E-state index in [1.807, 2.05) is 6.92 Å². The number of amides is 1. The molecule has 1 atom stereocenters. The Bertz CT molecular complexity index is 445. The summed E-state index contributed by atoms with van der Waals surface area (Å²) in [7, 11) is 0. The summed E-state index contributed by atoms with van der Waals surface area (Å²) < 4.78 is 13.7. The van der Waals surface area contributed by atoms with Crippen LogP contribution in [0, 0.1) is 5.82 Å². The van der Waals surface area contributed by atoms with Crippen LogP contribution in [0.4, 0.5) is 10.1 Å². The molecule has 1 amide bonds. The Balaban J connectivity index is 2.52. The Kier molecular flexibility index (Phi) is 2.58. The van der Waals surface area contributed by atoms with Gasteiger partial charge in [-0.05, 0) is 31.0 Å². The van der Waals surface area contributed by atoms with Crippen molar-refractivity contribution in [1.29, 1.82) is 0 Å². The van der Waals surface area contributed by atoms with Gasteiger partial charge in [-0.3, -0.25) is 4.79 Å². The Labute approximate surface area is 94.0 Å². The van der Waals surface area contributed by atoms with E-state index in [0.29, 0.717) is 24.2 Å². The topological polar surface area (TPSA) is 46.3 Å². The molecule has 2 N–H and O–H groups in total. The minimum absolute atomic E-state index is 0.0278. The van der Waals surface area contributed by atoms with E-state index in [2.05, 4.69) is 0 Å². The maximum Gasteiger partial charge on any atom is 0.219 e. The summed E-state index contributed by atoms with van der Waals surface area (Å²) in [5.41, 5.74) is 7.86. The first-order valence-electron chi connectivity index (χ1n) is 5.36. The Morgan fingerprint density at radius 2 is 2.25 bits per heavy atom. The lowest BCUT2D eigenvalue weighted by atomic mass is 9.91. The molecule has 1 aliphatic heterocycles. The van der Waals surface area contributed by atoms with Crippen LogP contribution in [-0.2, 0) is 11.2 Å². The predicted molar refractivity (Wildman–Crippen MR) is 60.3 cm³/mol. The number of hydrogen-bond acceptors (Lipinski definition) is 2. The predicted octanol–water partition coefficient (Wildman–Crippen LogP) is 1.87. The Morgan fingerprint density at radius 3 is 2.88 bits per heavy atom. The Morgan fingerprint density at radius 1 is 1.56 bits per heavy atom. The summed E-state index contributed by atoms with van der Waals surface area (Å²) in [4.78, 5) is 13.1. The number of halogens is 1. The second-order valence-corrected chi connectivity index (χ2v) is 4.17. The molecule has 1 aliphatic rings. The fourth-order valence-electron chi connectivity index (χ4n) is 2.40. The molecule has 0 radical (unpaired) electrons. The molecular formula is C12H15FN2O. The van der Waals surface area contributed by atoms with Gasteiger partial charge in [-0.2, -0.15) is 0 Å². The van der Waals surface area contributed by atoms with Crippen molar-refractivity contribution >= 4 is 11.6 Å². The highest BCUT2D eigenvalue weighted by Crippen LogP contribution is 2.34. The molecule has 0 fully saturated rings. The maximum atomic E-state index is 13.7. The zero-order valence-corrected chi connectivity index (χ0v) is 9.46. The number of rotatable bonds is 0. The molecule has 16 heavy (non-hydrogen) atoms. The number of carbonyl (C=O) groups is 1. The van der Waals surface area contributed by atoms with E-state index in [1.165, 1.54) is 13.0 Å². The van der Waals surface area contributed by atoms with Crippen LogP contribution < -0.4 is 5.73 Å². The van der Waals surface area contributed by atoms with Crippen molar-refractivity contribution in [1.82, 2.24) is 4.90 Å². The fraction of sp³-hybridized carbons (Fsp3) is 0.417. The summed E-state index contributed by atoms with van der Waals surface area (Å²) in [6.45, 7) is 3.95. The van der Waals surface area contributed by atoms with E-state index < -0.39 is 0 Å². The fourth-order valence-corrected chi connectivity index (χ4v) is 2.40. The van der Waals surface area contributed by atoms with Crippen LogP contribution in [0.25, 0.3) is 0 Å². The van der Waals surface area contributed by atoms with Gasteiger partial charge in [0, 0.05) is 24.7 Å². The molecule has 0 saturated heterocycles. The number of nitrogens with two attached hydrogens (primary N) is 1. The van der Waals surface area contributed by atoms with E-state index >= 15 is 0 Å². The van der Waals surface area contributed by atoms with Crippen LogP contribution in [0.1, 0.15) is 31.0 Å². The molecule has 0 saturated carbocycles. The highest BCUT2D eigenvalue weighted by molar-refractivity contribution is 5.74. The third-order valence-corrected chi connectivity index (χ3v) is 3.23. The molecule has 0 bridgehead atoms. The first kappa shape index (κ1) is 10.9. The lowest BCUT2D eigenvalue weighted by molar-refractivity contribution is -0.131. The van der Waals surface area contributed by atoms with Gasteiger partial charge in [0.05, 0.1) is 6.04 Å². The van der Waals surface area contributed by atoms with Gasteiger partial charge in [0.1, 0.15) is 5.82 Å².